The van der Waals surface area contributed by atoms with E-state index in [1.54, 1.807) is 30.6 Å². The molecule has 1 aliphatic rings. The average molecular weight is 386 g/mol. The van der Waals surface area contributed by atoms with Crippen molar-refractivity contribution in [2.75, 3.05) is 4.90 Å². The molecular formula is C17H10N2O5S2. The summed E-state index contributed by atoms with van der Waals surface area (Å²) in [6.07, 6.45) is 4.80. The van der Waals surface area contributed by atoms with Gasteiger partial charge in [0.25, 0.3) is 5.91 Å². The lowest BCUT2D eigenvalue weighted by atomic mass is 10.1. The van der Waals surface area contributed by atoms with Gasteiger partial charge in [0, 0.05) is 12.4 Å². The van der Waals surface area contributed by atoms with E-state index in [1.807, 2.05) is 0 Å². The second-order valence-electron chi connectivity index (χ2n) is 5.18. The quantitative estimate of drug-likeness (QED) is 0.610. The topological polar surface area (TPSA) is 108 Å². The van der Waals surface area contributed by atoms with Crippen molar-refractivity contribution in [3.63, 3.8) is 0 Å². The van der Waals surface area contributed by atoms with Crippen molar-refractivity contribution >= 4 is 57.9 Å². The first-order valence-corrected chi connectivity index (χ1v) is 8.39. The van der Waals surface area contributed by atoms with E-state index >= 15 is 0 Å². The Bertz CT molecular complexity index is 940. The van der Waals surface area contributed by atoms with Crippen LogP contribution < -0.4 is 4.90 Å². The lowest BCUT2D eigenvalue weighted by molar-refractivity contribution is -0.113. The summed E-state index contributed by atoms with van der Waals surface area (Å²) in [5, 5.41) is 18.4. The zero-order valence-corrected chi connectivity index (χ0v) is 14.6. The van der Waals surface area contributed by atoms with Crippen molar-refractivity contribution in [2.45, 2.75) is 0 Å². The number of aromatic nitrogens is 1. The van der Waals surface area contributed by atoms with E-state index in [0.29, 0.717) is 10.5 Å². The summed E-state index contributed by atoms with van der Waals surface area (Å²) in [7, 11) is 0. The van der Waals surface area contributed by atoms with Crippen molar-refractivity contribution in [3.8, 4) is 0 Å². The molecule has 1 fully saturated rings. The minimum absolute atomic E-state index is 0.0967. The maximum absolute atomic E-state index is 12.7. The van der Waals surface area contributed by atoms with Crippen molar-refractivity contribution in [3.05, 3.63) is 64.3 Å². The van der Waals surface area contributed by atoms with E-state index in [0.717, 1.165) is 22.7 Å². The SMILES string of the molecule is O=C(O)c1cc(C(=O)O)cc(N2C(=O)C(=Cc3cccnc3)SC2=S)c1. The van der Waals surface area contributed by atoms with Crippen LogP contribution in [0.25, 0.3) is 6.08 Å². The van der Waals surface area contributed by atoms with Gasteiger partial charge in [0.2, 0.25) is 0 Å². The Kier molecular flexibility index (Phi) is 4.83. The van der Waals surface area contributed by atoms with Gasteiger partial charge in [0.05, 0.1) is 21.7 Å². The molecule has 2 N–H and O–H groups in total. The molecule has 1 amide bonds. The number of hydrogen-bond acceptors (Lipinski definition) is 6. The number of thioether (sulfide) groups is 1. The average Bonchev–Trinajstić information content (AvgIpc) is 2.89. The number of aromatic carboxylic acids is 2. The highest BCUT2D eigenvalue weighted by atomic mass is 32.2. The van der Waals surface area contributed by atoms with E-state index in [-0.39, 0.29) is 21.1 Å². The van der Waals surface area contributed by atoms with E-state index in [1.165, 1.54) is 12.1 Å². The van der Waals surface area contributed by atoms with Crippen LogP contribution in [0.15, 0.2) is 47.6 Å². The fourth-order valence-corrected chi connectivity index (χ4v) is 3.59. The number of pyridine rings is 1. The monoisotopic (exact) mass is 386 g/mol. The molecule has 2 heterocycles. The normalized spacial score (nSPS) is 15.5. The van der Waals surface area contributed by atoms with Crippen LogP contribution >= 0.6 is 24.0 Å². The smallest absolute Gasteiger partial charge is 0.335 e. The van der Waals surface area contributed by atoms with Crippen LogP contribution in [0.4, 0.5) is 5.69 Å². The predicted octanol–water partition coefficient (Wildman–Crippen LogP) is 2.88. The van der Waals surface area contributed by atoms with Crippen LogP contribution in [-0.4, -0.2) is 37.4 Å². The molecule has 0 atom stereocenters. The van der Waals surface area contributed by atoms with Crippen LogP contribution in [0.2, 0.25) is 0 Å². The first-order valence-electron chi connectivity index (χ1n) is 7.16. The zero-order chi connectivity index (χ0) is 18.8. The number of amides is 1. The van der Waals surface area contributed by atoms with Crippen LogP contribution in [0, 0.1) is 0 Å². The van der Waals surface area contributed by atoms with Crippen LogP contribution in [0.1, 0.15) is 26.3 Å². The Morgan fingerprint density at radius 2 is 1.81 bits per heavy atom. The summed E-state index contributed by atoms with van der Waals surface area (Å²) in [5.41, 5.74) is 0.313. The molecule has 1 saturated heterocycles. The number of nitrogens with zero attached hydrogens (tertiary/aromatic N) is 2. The summed E-state index contributed by atoms with van der Waals surface area (Å²) in [4.78, 5) is 40.7. The van der Waals surface area contributed by atoms with Gasteiger partial charge in [0.15, 0.2) is 4.32 Å². The highest BCUT2D eigenvalue weighted by molar-refractivity contribution is 8.27. The van der Waals surface area contributed by atoms with Gasteiger partial charge in [0.1, 0.15) is 0 Å². The Morgan fingerprint density at radius 3 is 2.35 bits per heavy atom. The largest absolute Gasteiger partial charge is 0.478 e. The van der Waals surface area contributed by atoms with E-state index < -0.39 is 17.8 Å². The highest BCUT2D eigenvalue weighted by Gasteiger charge is 2.34. The number of rotatable bonds is 4. The first kappa shape index (κ1) is 17.8. The lowest BCUT2D eigenvalue weighted by Gasteiger charge is -2.16. The third-order valence-electron chi connectivity index (χ3n) is 3.45. The molecule has 1 aromatic heterocycles. The molecule has 0 saturated carbocycles. The molecule has 0 spiro atoms. The van der Waals surface area contributed by atoms with Gasteiger partial charge in [-0.25, -0.2) is 9.59 Å². The summed E-state index contributed by atoms with van der Waals surface area (Å²) < 4.78 is 0.184. The number of thiocarbonyl (C=S) groups is 1. The minimum atomic E-state index is -1.30. The fourth-order valence-electron chi connectivity index (χ4n) is 2.29. The van der Waals surface area contributed by atoms with Gasteiger partial charge in [-0.15, -0.1) is 0 Å². The summed E-state index contributed by atoms with van der Waals surface area (Å²) in [6.45, 7) is 0. The molecule has 0 radical (unpaired) electrons. The summed E-state index contributed by atoms with van der Waals surface area (Å²) >= 11 is 6.27. The van der Waals surface area contributed by atoms with Gasteiger partial charge in [-0.2, -0.15) is 0 Å². The molecule has 9 heteroatoms. The number of carbonyl (C=O) groups excluding carboxylic acids is 1. The van der Waals surface area contributed by atoms with Gasteiger partial charge in [-0.3, -0.25) is 14.7 Å². The van der Waals surface area contributed by atoms with E-state index in [4.69, 9.17) is 12.2 Å². The number of carboxylic acid groups (broad SMARTS) is 2. The molecule has 2 aromatic rings. The number of hydrogen-bond donors (Lipinski definition) is 2. The Morgan fingerprint density at radius 1 is 1.15 bits per heavy atom. The molecule has 1 aromatic carbocycles. The van der Waals surface area contributed by atoms with Gasteiger partial charge in [-0.1, -0.05) is 30.0 Å². The molecule has 3 rings (SSSR count). The van der Waals surface area contributed by atoms with Crippen molar-refractivity contribution in [2.24, 2.45) is 0 Å². The lowest BCUT2D eigenvalue weighted by Crippen LogP contribution is -2.28. The molecule has 7 nitrogen and oxygen atoms in total. The Hall–Kier alpha value is -3.04. The van der Waals surface area contributed by atoms with E-state index in [2.05, 4.69) is 4.98 Å². The minimum Gasteiger partial charge on any atom is -0.478 e. The van der Waals surface area contributed by atoms with E-state index in [9.17, 15) is 24.6 Å². The fraction of sp³-hybridized carbons (Fsp3) is 0. The van der Waals surface area contributed by atoms with Crippen LogP contribution in [-0.2, 0) is 4.79 Å². The van der Waals surface area contributed by atoms with Gasteiger partial charge < -0.3 is 10.2 Å². The Labute approximate surface area is 157 Å². The number of carbonyl (C=O) groups is 3. The maximum Gasteiger partial charge on any atom is 0.335 e. The van der Waals surface area contributed by atoms with Crippen molar-refractivity contribution < 1.29 is 24.6 Å². The van der Waals surface area contributed by atoms with Crippen molar-refractivity contribution in [1.29, 1.82) is 0 Å². The summed E-state index contributed by atoms with van der Waals surface area (Å²) in [5.74, 6) is -3.06. The van der Waals surface area contributed by atoms with Gasteiger partial charge >= 0.3 is 11.9 Å². The maximum atomic E-state index is 12.7. The van der Waals surface area contributed by atoms with Crippen LogP contribution in [0.3, 0.4) is 0 Å². The Balaban J connectivity index is 2.03. The zero-order valence-electron chi connectivity index (χ0n) is 12.9. The van der Waals surface area contributed by atoms with Crippen LogP contribution in [0.5, 0.6) is 0 Å². The second-order valence-corrected chi connectivity index (χ2v) is 6.86. The standard InChI is InChI=1S/C17H10N2O5S2/c20-14-13(4-9-2-1-3-18-8-9)26-17(25)19(14)12-6-10(15(21)22)5-11(7-12)16(23)24/h1-8H,(H,21,22)(H,23,24). The second kappa shape index (κ2) is 7.06. The molecule has 0 bridgehead atoms. The predicted molar refractivity (Wildman–Crippen MR) is 100 cm³/mol. The van der Waals surface area contributed by atoms with Crippen molar-refractivity contribution in [1.82, 2.24) is 4.98 Å². The number of carboxylic acids is 2. The molecule has 26 heavy (non-hydrogen) atoms. The molecule has 0 aliphatic carbocycles. The number of benzene rings is 1. The number of anilines is 1. The molecule has 0 unspecified atom stereocenters. The highest BCUT2D eigenvalue weighted by Crippen LogP contribution is 2.36. The molecule has 130 valence electrons. The first-order chi connectivity index (χ1) is 12.4. The molecular weight excluding hydrogens is 376 g/mol. The summed E-state index contributed by atoms with van der Waals surface area (Å²) in [6, 6.07) is 6.95. The third-order valence-corrected chi connectivity index (χ3v) is 4.75. The van der Waals surface area contributed by atoms with Gasteiger partial charge in [-0.05, 0) is 35.9 Å². The third kappa shape index (κ3) is 3.48. The molecule has 1 aliphatic heterocycles.